The van der Waals surface area contributed by atoms with E-state index in [-0.39, 0.29) is 0 Å². The molecule has 0 N–H and O–H groups in total. The van der Waals surface area contributed by atoms with E-state index in [9.17, 15) is 0 Å². The number of aromatic nitrogens is 1. The Morgan fingerprint density at radius 3 is 2.00 bits per heavy atom. The summed E-state index contributed by atoms with van der Waals surface area (Å²) in [5.41, 5.74) is 3.27. The van der Waals surface area contributed by atoms with Gasteiger partial charge in [0.25, 0.3) is 0 Å². The van der Waals surface area contributed by atoms with Crippen LogP contribution >= 0.6 is 0 Å². The van der Waals surface area contributed by atoms with E-state index >= 15 is 0 Å². The first-order chi connectivity index (χ1) is 15.5. The molecule has 0 unspecified atom stereocenters. The van der Waals surface area contributed by atoms with Gasteiger partial charge in [-0.25, -0.2) is 0 Å². The second-order valence-electron chi connectivity index (χ2n) is 9.71. The standard InChI is InChI=1S/C30H25GeN/c1-31(2,3)22-13-14-24-21(18-22)12-16-29-27(24)15-17-30(32-29)28-19-20-8-4-5-9-23(20)25-10-6-7-11-26(25)28/h4-19H,1-3H3. The van der Waals surface area contributed by atoms with Gasteiger partial charge in [-0.2, -0.15) is 0 Å². The molecule has 154 valence electrons. The van der Waals surface area contributed by atoms with Crippen LogP contribution in [0.2, 0.25) is 17.3 Å². The third-order valence-corrected chi connectivity index (χ3v) is 10.9. The molecule has 0 bridgehead atoms. The summed E-state index contributed by atoms with van der Waals surface area (Å²) in [4.78, 5) is 5.14. The third-order valence-electron chi connectivity index (χ3n) is 6.60. The van der Waals surface area contributed by atoms with Gasteiger partial charge in [-0.1, -0.05) is 24.3 Å². The molecule has 1 heterocycles. The van der Waals surface area contributed by atoms with Crippen LogP contribution in [0.1, 0.15) is 0 Å². The van der Waals surface area contributed by atoms with Gasteiger partial charge >= 0.3 is 167 Å². The Morgan fingerprint density at radius 1 is 0.531 bits per heavy atom. The average molecular weight is 472 g/mol. The Hall–Kier alpha value is -3.17. The van der Waals surface area contributed by atoms with Crippen molar-refractivity contribution in [3.8, 4) is 11.3 Å². The van der Waals surface area contributed by atoms with E-state index in [1.807, 2.05) is 0 Å². The summed E-state index contributed by atoms with van der Waals surface area (Å²) in [6.45, 7) is 0. The number of pyridine rings is 1. The van der Waals surface area contributed by atoms with Crippen LogP contribution in [0.4, 0.5) is 0 Å². The molecule has 0 aliphatic heterocycles. The SMILES string of the molecule is [CH3][Ge]([CH3])([CH3])[c]1ccc2c(ccc3nc(-c4cc5ccccc5c5ccccc45)ccc32)c1. The van der Waals surface area contributed by atoms with Gasteiger partial charge < -0.3 is 0 Å². The fourth-order valence-corrected chi connectivity index (χ4v) is 7.29. The predicted octanol–water partition coefficient (Wildman–Crippen LogP) is 7.91. The van der Waals surface area contributed by atoms with Crippen molar-refractivity contribution in [2.75, 3.05) is 0 Å². The first-order valence-electron chi connectivity index (χ1n) is 11.2. The zero-order chi connectivity index (χ0) is 21.9. The zero-order valence-corrected chi connectivity index (χ0v) is 20.8. The minimum absolute atomic E-state index is 1.03. The molecule has 5 aromatic carbocycles. The first kappa shape index (κ1) is 19.5. The molecule has 32 heavy (non-hydrogen) atoms. The van der Waals surface area contributed by atoms with E-state index in [0.29, 0.717) is 0 Å². The maximum absolute atomic E-state index is 5.14. The fraction of sp³-hybridized carbons (Fsp3) is 0.100. The van der Waals surface area contributed by atoms with Gasteiger partial charge in [0.05, 0.1) is 0 Å². The summed E-state index contributed by atoms with van der Waals surface area (Å²) in [6, 6.07) is 35.5. The van der Waals surface area contributed by atoms with E-state index < -0.39 is 13.3 Å². The van der Waals surface area contributed by atoms with E-state index in [1.165, 1.54) is 43.3 Å². The molecule has 0 aliphatic rings. The number of nitrogens with zero attached hydrogens (tertiary/aromatic N) is 1. The minimum atomic E-state index is -1.85. The first-order valence-corrected chi connectivity index (χ1v) is 18.6. The zero-order valence-electron chi connectivity index (χ0n) is 18.7. The molecule has 0 atom stereocenters. The van der Waals surface area contributed by atoms with E-state index in [4.69, 9.17) is 4.98 Å². The Labute approximate surface area is 191 Å². The molecule has 0 saturated carbocycles. The summed E-state index contributed by atoms with van der Waals surface area (Å²) in [6.07, 6.45) is 0. The summed E-state index contributed by atoms with van der Waals surface area (Å²) >= 11 is -1.85. The van der Waals surface area contributed by atoms with Crippen LogP contribution in [0, 0.1) is 0 Å². The molecule has 0 saturated heterocycles. The van der Waals surface area contributed by atoms with Gasteiger partial charge in [0, 0.05) is 0 Å². The number of rotatable bonds is 2. The Balaban J connectivity index is 1.59. The number of hydrogen-bond acceptors (Lipinski definition) is 1. The molecule has 0 spiro atoms. The number of fused-ring (bicyclic) bond motifs is 6. The van der Waals surface area contributed by atoms with Crippen molar-refractivity contribution in [3.63, 3.8) is 0 Å². The summed E-state index contributed by atoms with van der Waals surface area (Å²) < 4.78 is 1.55. The van der Waals surface area contributed by atoms with Crippen molar-refractivity contribution in [2.24, 2.45) is 0 Å². The Bertz CT molecular complexity index is 1660. The van der Waals surface area contributed by atoms with Crippen LogP contribution in [0.5, 0.6) is 0 Å². The van der Waals surface area contributed by atoms with Gasteiger partial charge in [0.2, 0.25) is 0 Å². The van der Waals surface area contributed by atoms with Crippen molar-refractivity contribution in [1.29, 1.82) is 0 Å². The molecule has 0 radical (unpaired) electrons. The van der Waals surface area contributed by atoms with Crippen LogP contribution < -0.4 is 4.40 Å². The second-order valence-corrected chi connectivity index (χ2v) is 20.4. The normalized spacial score (nSPS) is 12.2. The van der Waals surface area contributed by atoms with Crippen LogP contribution in [0.15, 0.2) is 97.1 Å². The molecule has 1 nitrogen and oxygen atoms in total. The summed E-state index contributed by atoms with van der Waals surface area (Å²) in [5, 5.41) is 8.91. The van der Waals surface area contributed by atoms with Gasteiger partial charge in [0.15, 0.2) is 0 Å². The van der Waals surface area contributed by atoms with Crippen LogP contribution in [0.3, 0.4) is 0 Å². The number of benzene rings is 5. The van der Waals surface area contributed by atoms with Gasteiger partial charge in [0.1, 0.15) is 0 Å². The Morgan fingerprint density at radius 2 is 1.19 bits per heavy atom. The van der Waals surface area contributed by atoms with Crippen LogP contribution in [0.25, 0.3) is 54.5 Å². The van der Waals surface area contributed by atoms with E-state index in [0.717, 1.165) is 11.2 Å². The third kappa shape index (κ3) is 3.11. The van der Waals surface area contributed by atoms with Gasteiger partial charge in [-0.15, -0.1) is 0 Å². The molecule has 1 aromatic heterocycles. The fourth-order valence-electron chi connectivity index (χ4n) is 4.83. The van der Waals surface area contributed by atoms with Crippen LogP contribution in [-0.4, -0.2) is 18.3 Å². The molecule has 0 aliphatic carbocycles. The van der Waals surface area contributed by atoms with Crippen LogP contribution in [-0.2, 0) is 0 Å². The average Bonchev–Trinajstić information content (AvgIpc) is 2.82. The van der Waals surface area contributed by atoms with Crippen molar-refractivity contribution >= 4 is 60.9 Å². The topological polar surface area (TPSA) is 12.9 Å². The van der Waals surface area contributed by atoms with Crippen molar-refractivity contribution in [3.05, 3.63) is 97.1 Å². The quantitative estimate of drug-likeness (QED) is 0.184. The van der Waals surface area contributed by atoms with E-state index in [2.05, 4.69) is 114 Å². The van der Waals surface area contributed by atoms with E-state index in [1.54, 1.807) is 4.40 Å². The molecule has 0 fully saturated rings. The van der Waals surface area contributed by atoms with Gasteiger partial charge in [-0.05, 0) is 0 Å². The molecule has 0 amide bonds. The Kier molecular flexibility index (Phi) is 4.38. The molecular weight excluding hydrogens is 447 g/mol. The summed E-state index contributed by atoms with van der Waals surface area (Å²) in [7, 11) is 0. The van der Waals surface area contributed by atoms with Crippen molar-refractivity contribution in [2.45, 2.75) is 17.3 Å². The second kappa shape index (κ2) is 7.18. The van der Waals surface area contributed by atoms with Gasteiger partial charge in [-0.3, -0.25) is 0 Å². The summed E-state index contributed by atoms with van der Waals surface area (Å²) in [5.74, 6) is 7.35. The van der Waals surface area contributed by atoms with Crippen molar-refractivity contribution < 1.29 is 0 Å². The maximum atomic E-state index is 5.14. The number of hydrogen-bond donors (Lipinski definition) is 0. The van der Waals surface area contributed by atoms with Crippen molar-refractivity contribution in [1.82, 2.24) is 4.98 Å². The monoisotopic (exact) mass is 473 g/mol. The molecule has 2 heteroatoms. The molecule has 6 aromatic rings. The molecule has 6 rings (SSSR count). The predicted molar refractivity (Wildman–Crippen MR) is 143 cm³/mol. The molecular formula is C30H25GeN.